The number of hydrogen-bond donors (Lipinski definition) is 1. The number of methoxy groups -OCH3 is 1. The van der Waals surface area contributed by atoms with Crippen molar-refractivity contribution in [2.45, 2.75) is 25.9 Å². The topological polar surface area (TPSA) is 41.6 Å². The van der Waals surface area contributed by atoms with Crippen LogP contribution in [0.4, 0.5) is 0 Å². The Morgan fingerprint density at radius 1 is 1.33 bits per heavy atom. The summed E-state index contributed by atoms with van der Waals surface area (Å²) < 4.78 is 4.74. The minimum atomic E-state index is -0.269. The number of nitrogens with one attached hydrogen (secondary N) is 1. The third-order valence-electron chi connectivity index (χ3n) is 5.00. The van der Waals surface area contributed by atoms with E-state index in [9.17, 15) is 4.79 Å². The molecule has 1 aromatic rings. The van der Waals surface area contributed by atoms with Gasteiger partial charge in [0.1, 0.15) is 0 Å². The van der Waals surface area contributed by atoms with Crippen LogP contribution < -0.4 is 5.32 Å². The van der Waals surface area contributed by atoms with Gasteiger partial charge in [0.25, 0.3) is 0 Å². The van der Waals surface area contributed by atoms with Crippen molar-refractivity contribution < 1.29 is 9.53 Å². The maximum absolute atomic E-state index is 11.5. The van der Waals surface area contributed by atoms with E-state index < -0.39 is 0 Å². The molecular weight excluding hydrogens is 264 g/mol. The zero-order valence-electron chi connectivity index (χ0n) is 12.8. The highest BCUT2D eigenvalue weighted by atomic mass is 16.5. The van der Waals surface area contributed by atoms with Crippen molar-refractivity contribution in [2.75, 3.05) is 26.7 Å². The number of rotatable bonds is 4. The zero-order valence-corrected chi connectivity index (χ0v) is 12.8. The smallest absolute Gasteiger partial charge is 0.337 e. The molecule has 3 rings (SSSR count). The maximum atomic E-state index is 11.5. The molecule has 0 aromatic heterocycles. The van der Waals surface area contributed by atoms with Gasteiger partial charge >= 0.3 is 5.97 Å². The lowest BCUT2D eigenvalue weighted by molar-refractivity contribution is 0.0600. The highest BCUT2D eigenvalue weighted by molar-refractivity contribution is 5.89. The summed E-state index contributed by atoms with van der Waals surface area (Å²) in [4.78, 5) is 14.1. The predicted molar refractivity (Wildman–Crippen MR) is 82.1 cm³/mol. The van der Waals surface area contributed by atoms with Crippen LogP contribution in [0.5, 0.6) is 0 Å². The average molecular weight is 288 g/mol. The van der Waals surface area contributed by atoms with E-state index >= 15 is 0 Å². The Morgan fingerprint density at radius 2 is 2.10 bits per heavy atom. The lowest BCUT2D eigenvalue weighted by Crippen LogP contribution is -2.34. The van der Waals surface area contributed by atoms with Crippen LogP contribution >= 0.6 is 0 Å². The summed E-state index contributed by atoms with van der Waals surface area (Å²) in [5.41, 5.74) is 1.89. The molecule has 3 unspecified atom stereocenters. The van der Waals surface area contributed by atoms with Crippen molar-refractivity contribution in [3.63, 3.8) is 0 Å². The van der Waals surface area contributed by atoms with E-state index in [0.29, 0.717) is 11.6 Å². The molecule has 2 aliphatic rings. The number of carbonyl (C=O) groups is 1. The van der Waals surface area contributed by atoms with Crippen LogP contribution in [0.25, 0.3) is 0 Å². The van der Waals surface area contributed by atoms with Crippen LogP contribution in [-0.2, 0) is 11.3 Å². The molecule has 1 aromatic carbocycles. The molecule has 0 aliphatic carbocycles. The highest BCUT2D eigenvalue weighted by Gasteiger charge is 2.42. The Kier molecular flexibility index (Phi) is 4.27. The first-order valence-electron chi connectivity index (χ1n) is 7.85. The van der Waals surface area contributed by atoms with Gasteiger partial charge in [0.2, 0.25) is 0 Å². The highest BCUT2D eigenvalue weighted by Crippen LogP contribution is 2.35. The first-order chi connectivity index (χ1) is 10.2. The summed E-state index contributed by atoms with van der Waals surface area (Å²) in [6.45, 7) is 6.79. The van der Waals surface area contributed by atoms with Crippen LogP contribution in [0.15, 0.2) is 24.3 Å². The number of nitrogens with zero attached hydrogens (tertiary/aromatic N) is 1. The average Bonchev–Trinajstić information content (AvgIpc) is 3.07. The second-order valence-electron chi connectivity index (χ2n) is 6.18. The molecule has 2 saturated heterocycles. The molecule has 21 heavy (non-hydrogen) atoms. The predicted octanol–water partition coefficient (Wildman–Crippen LogP) is 1.90. The molecule has 3 atom stereocenters. The Labute approximate surface area is 126 Å². The lowest BCUT2D eigenvalue weighted by atomic mass is 9.93. The van der Waals surface area contributed by atoms with Crippen molar-refractivity contribution in [3.05, 3.63) is 35.4 Å². The van der Waals surface area contributed by atoms with E-state index in [1.807, 2.05) is 24.3 Å². The van der Waals surface area contributed by atoms with E-state index in [2.05, 4.69) is 17.1 Å². The van der Waals surface area contributed by atoms with E-state index in [1.165, 1.54) is 38.7 Å². The summed E-state index contributed by atoms with van der Waals surface area (Å²) in [7, 11) is 1.42. The molecule has 0 bridgehead atoms. The normalized spacial score (nSPS) is 28.6. The summed E-state index contributed by atoms with van der Waals surface area (Å²) in [5, 5.41) is 3.52. The Balaban J connectivity index is 1.67. The van der Waals surface area contributed by atoms with Gasteiger partial charge in [-0.25, -0.2) is 4.79 Å². The number of hydrogen-bond acceptors (Lipinski definition) is 4. The SMILES string of the molecule is CCC1C2CNCC2CN1Cc1ccc(C(=O)OC)cc1. The molecule has 2 heterocycles. The fraction of sp³-hybridized carbons (Fsp3) is 0.588. The number of fused-ring (bicyclic) bond motifs is 1. The van der Waals surface area contributed by atoms with Crippen LogP contribution in [-0.4, -0.2) is 43.7 Å². The molecule has 4 heteroatoms. The first kappa shape index (κ1) is 14.5. The maximum Gasteiger partial charge on any atom is 0.337 e. The number of carbonyl (C=O) groups excluding carboxylic acids is 1. The van der Waals surface area contributed by atoms with Crippen LogP contribution in [0.2, 0.25) is 0 Å². The van der Waals surface area contributed by atoms with Gasteiger partial charge < -0.3 is 10.1 Å². The van der Waals surface area contributed by atoms with Gasteiger partial charge in [-0.05, 0) is 49.0 Å². The van der Waals surface area contributed by atoms with Gasteiger partial charge in [0.05, 0.1) is 12.7 Å². The fourth-order valence-corrected chi connectivity index (χ4v) is 3.95. The third-order valence-corrected chi connectivity index (χ3v) is 5.00. The molecule has 2 aliphatic heterocycles. The Morgan fingerprint density at radius 3 is 2.76 bits per heavy atom. The molecule has 2 fully saturated rings. The minimum absolute atomic E-state index is 0.269. The monoisotopic (exact) mass is 288 g/mol. The van der Waals surface area contributed by atoms with E-state index in [4.69, 9.17) is 4.74 Å². The summed E-state index contributed by atoms with van der Waals surface area (Å²) in [6, 6.07) is 8.50. The molecule has 0 spiro atoms. The van der Waals surface area contributed by atoms with E-state index in [1.54, 1.807) is 0 Å². The molecule has 114 valence electrons. The van der Waals surface area contributed by atoms with Gasteiger partial charge in [-0.15, -0.1) is 0 Å². The Bertz CT molecular complexity index is 500. The molecular formula is C17H24N2O2. The number of ether oxygens (including phenoxy) is 1. The van der Waals surface area contributed by atoms with Crippen molar-refractivity contribution >= 4 is 5.97 Å². The van der Waals surface area contributed by atoms with Crippen LogP contribution in [0.3, 0.4) is 0 Å². The van der Waals surface area contributed by atoms with E-state index in [0.717, 1.165) is 18.4 Å². The second kappa shape index (κ2) is 6.16. The molecule has 1 N–H and O–H groups in total. The second-order valence-corrected chi connectivity index (χ2v) is 6.18. The molecule has 4 nitrogen and oxygen atoms in total. The van der Waals surface area contributed by atoms with Crippen molar-refractivity contribution in [2.24, 2.45) is 11.8 Å². The van der Waals surface area contributed by atoms with Gasteiger partial charge in [-0.3, -0.25) is 4.90 Å². The number of esters is 1. The summed E-state index contributed by atoms with van der Waals surface area (Å²) >= 11 is 0. The quantitative estimate of drug-likeness (QED) is 0.859. The zero-order chi connectivity index (χ0) is 14.8. The lowest BCUT2D eigenvalue weighted by Gasteiger charge is -2.26. The number of likely N-dealkylation sites (tertiary alicyclic amines) is 1. The fourth-order valence-electron chi connectivity index (χ4n) is 3.95. The standard InChI is InChI=1S/C17H24N2O2/c1-3-16-15-9-18-8-14(15)11-19(16)10-12-4-6-13(7-5-12)17(20)21-2/h4-7,14-16,18H,3,8-11H2,1-2H3. The Hall–Kier alpha value is -1.39. The third kappa shape index (κ3) is 2.83. The molecule has 0 amide bonds. The van der Waals surface area contributed by atoms with Gasteiger partial charge in [-0.2, -0.15) is 0 Å². The largest absolute Gasteiger partial charge is 0.465 e. The first-order valence-corrected chi connectivity index (χ1v) is 7.85. The molecule has 0 saturated carbocycles. The van der Waals surface area contributed by atoms with Crippen LogP contribution in [0, 0.1) is 11.8 Å². The summed E-state index contributed by atoms with van der Waals surface area (Å²) in [6.07, 6.45) is 1.21. The van der Waals surface area contributed by atoms with E-state index in [-0.39, 0.29) is 5.97 Å². The van der Waals surface area contributed by atoms with Gasteiger partial charge in [0.15, 0.2) is 0 Å². The van der Waals surface area contributed by atoms with Crippen molar-refractivity contribution in [1.29, 1.82) is 0 Å². The van der Waals surface area contributed by atoms with Crippen molar-refractivity contribution in [3.8, 4) is 0 Å². The summed E-state index contributed by atoms with van der Waals surface area (Å²) in [5.74, 6) is 1.35. The minimum Gasteiger partial charge on any atom is -0.465 e. The van der Waals surface area contributed by atoms with Gasteiger partial charge in [0, 0.05) is 19.1 Å². The van der Waals surface area contributed by atoms with Gasteiger partial charge in [-0.1, -0.05) is 19.1 Å². The van der Waals surface area contributed by atoms with Crippen molar-refractivity contribution in [1.82, 2.24) is 10.2 Å². The molecule has 0 radical (unpaired) electrons. The van der Waals surface area contributed by atoms with Crippen LogP contribution in [0.1, 0.15) is 29.3 Å². The number of benzene rings is 1.